The van der Waals surface area contributed by atoms with E-state index in [1.54, 1.807) is 0 Å². The van der Waals surface area contributed by atoms with E-state index in [4.69, 9.17) is 4.74 Å². The minimum atomic E-state index is -0.673. The monoisotopic (exact) mass is 322 g/mol. The molecule has 0 radical (unpaired) electrons. The number of amides is 1. The lowest BCUT2D eigenvalue weighted by molar-refractivity contribution is -0.919. The molecule has 2 aliphatic rings. The van der Waals surface area contributed by atoms with E-state index < -0.39 is 5.54 Å². The molecule has 23 heavy (non-hydrogen) atoms. The van der Waals surface area contributed by atoms with Crippen LogP contribution in [0.15, 0.2) is 0 Å². The summed E-state index contributed by atoms with van der Waals surface area (Å²) in [6, 6.07) is 2.14. The predicted molar refractivity (Wildman–Crippen MR) is 84.5 cm³/mol. The second-order valence-corrected chi connectivity index (χ2v) is 6.92. The molecule has 1 aliphatic carbocycles. The molecule has 1 heterocycles. The van der Waals surface area contributed by atoms with Gasteiger partial charge in [-0.25, -0.2) is 0 Å². The summed E-state index contributed by atoms with van der Waals surface area (Å²) in [7, 11) is 1.42. The average Bonchev–Trinajstić information content (AvgIpc) is 2.61. The normalized spacial score (nSPS) is 28.2. The Balaban J connectivity index is 1.88. The van der Waals surface area contributed by atoms with Crippen molar-refractivity contribution in [3.8, 4) is 6.07 Å². The van der Waals surface area contributed by atoms with E-state index in [0.717, 1.165) is 58.0 Å². The summed E-state index contributed by atoms with van der Waals surface area (Å²) >= 11 is 0. The van der Waals surface area contributed by atoms with Crippen LogP contribution in [0.2, 0.25) is 0 Å². The summed E-state index contributed by atoms with van der Waals surface area (Å²) in [5.74, 6) is -0.227. The first-order valence-corrected chi connectivity index (χ1v) is 8.67. The molecule has 1 atom stereocenters. The van der Waals surface area contributed by atoms with Crippen LogP contribution in [0, 0.1) is 17.2 Å². The van der Waals surface area contributed by atoms with Crippen LogP contribution in [-0.2, 0) is 14.3 Å². The highest BCUT2D eigenvalue weighted by Gasteiger charge is 2.38. The molecule has 2 N–H and O–H groups in total. The Hall–Kier alpha value is -1.61. The first-order chi connectivity index (χ1) is 11.0. The number of rotatable bonds is 4. The molecule has 0 aromatic rings. The molecule has 0 aromatic heterocycles. The maximum Gasteiger partial charge on any atom is 0.309 e. The lowest BCUT2D eigenvalue weighted by atomic mass is 9.82. The number of methoxy groups -OCH3 is 1. The Morgan fingerprint density at radius 3 is 2.39 bits per heavy atom. The van der Waals surface area contributed by atoms with Gasteiger partial charge in [0.25, 0.3) is 5.91 Å². The molecule has 2 fully saturated rings. The number of likely N-dealkylation sites (tertiary alicyclic amines) is 1. The predicted octanol–water partition coefficient (Wildman–Crippen LogP) is 0.185. The van der Waals surface area contributed by atoms with Gasteiger partial charge in [0.15, 0.2) is 6.04 Å². The second-order valence-electron chi connectivity index (χ2n) is 6.92. The average molecular weight is 322 g/mol. The second kappa shape index (κ2) is 7.78. The lowest BCUT2D eigenvalue weighted by Crippen LogP contribution is -3.17. The van der Waals surface area contributed by atoms with Crippen molar-refractivity contribution in [3.63, 3.8) is 0 Å². The number of nitriles is 1. The molecule has 6 heteroatoms. The molecule has 2 rings (SSSR count). The summed E-state index contributed by atoms with van der Waals surface area (Å²) in [6.07, 6.45) is 6.15. The summed E-state index contributed by atoms with van der Waals surface area (Å²) in [5, 5.41) is 12.5. The number of ether oxygens (including phenoxy) is 1. The minimum absolute atomic E-state index is 0.0391. The molecule has 1 saturated heterocycles. The number of carbonyl (C=O) groups excluding carboxylic acids is 2. The highest BCUT2D eigenvalue weighted by atomic mass is 16.5. The molecule has 1 saturated carbocycles. The number of nitrogens with one attached hydrogen (secondary N) is 2. The number of esters is 1. The Morgan fingerprint density at radius 2 is 1.87 bits per heavy atom. The Morgan fingerprint density at radius 1 is 1.26 bits per heavy atom. The van der Waals surface area contributed by atoms with Crippen molar-refractivity contribution in [2.45, 2.75) is 63.5 Å². The molecular weight excluding hydrogens is 294 g/mol. The largest absolute Gasteiger partial charge is 0.469 e. The topological polar surface area (TPSA) is 83.6 Å². The maximum absolute atomic E-state index is 12.6. The number of carbonyl (C=O) groups is 2. The van der Waals surface area contributed by atoms with Crippen LogP contribution in [0.25, 0.3) is 0 Å². The molecule has 0 aromatic carbocycles. The van der Waals surface area contributed by atoms with E-state index in [-0.39, 0.29) is 23.8 Å². The number of nitrogens with zero attached hydrogens (tertiary/aromatic N) is 1. The highest BCUT2D eigenvalue weighted by molar-refractivity contribution is 5.81. The van der Waals surface area contributed by atoms with Gasteiger partial charge in [-0.15, -0.1) is 0 Å². The Labute approximate surface area is 138 Å². The standard InChI is InChI=1S/C17H27N3O3/c1-13(20-10-6-14(7-11-20)16(22)23-2)15(21)19-17(12-18)8-4-3-5-9-17/h13-14H,3-11H2,1-2H3,(H,19,21)/p+1/t13-/m1/s1. The van der Waals surface area contributed by atoms with Crippen LogP contribution in [-0.4, -0.2) is 43.7 Å². The third-order valence-corrected chi connectivity index (χ3v) is 5.45. The van der Waals surface area contributed by atoms with Gasteiger partial charge in [-0.3, -0.25) is 9.59 Å². The van der Waals surface area contributed by atoms with E-state index in [0.29, 0.717) is 0 Å². The van der Waals surface area contributed by atoms with Crippen molar-refractivity contribution in [2.24, 2.45) is 5.92 Å². The third kappa shape index (κ3) is 4.23. The fraction of sp³-hybridized carbons (Fsp3) is 0.824. The van der Waals surface area contributed by atoms with Gasteiger partial charge in [-0.2, -0.15) is 5.26 Å². The van der Waals surface area contributed by atoms with E-state index in [9.17, 15) is 14.9 Å². The van der Waals surface area contributed by atoms with Gasteiger partial charge in [0.1, 0.15) is 5.54 Å². The summed E-state index contributed by atoms with van der Waals surface area (Å²) in [6.45, 7) is 3.48. The van der Waals surface area contributed by atoms with Crippen LogP contribution in [0.1, 0.15) is 51.9 Å². The number of quaternary nitrogens is 1. The maximum atomic E-state index is 12.6. The molecule has 0 spiro atoms. The molecule has 0 unspecified atom stereocenters. The van der Waals surface area contributed by atoms with Crippen molar-refractivity contribution in [1.29, 1.82) is 5.26 Å². The number of hydrogen-bond donors (Lipinski definition) is 2. The molecule has 6 nitrogen and oxygen atoms in total. The van der Waals surface area contributed by atoms with Gasteiger partial charge >= 0.3 is 5.97 Å². The SMILES string of the molecule is COC(=O)C1CC[NH+]([C@H](C)C(=O)NC2(C#N)CCCCC2)CC1. The van der Waals surface area contributed by atoms with Crippen molar-refractivity contribution >= 4 is 11.9 Å². The van der Waals surface area contributed by atoms with Crippen LogP contribution >= 0.6 is 0 Å². The first kappa shape index (κ1) is 17.7. The summed E-state index contributed by atoms with van der Waals surface area (Å²) in [5.41, 5.74) is -0.673. The van der Waals surface area contributed by atoms with Gasteiger partial charge in [-0.1, -0.05) is 19.3 Å². The van der Waals surface area contributed by atoms with E-state index in [1.807, 2.05) is 6.92 Å². The van der Waals surface area contributed by atoms with Gasteiger partial charge in [-0.05, 0) is 19.8 Å². The minimum Gasteiger partial charge on any atom is -0.469 e. The van der Waals surface area contributed by atoms with E-state index in [1.165, 1.54) is 12.0 Å². The van der Waals surface area contributed by atoms with E-state index in [2.05, 4.69) is 11.4 Å². The molecule has 1 amide bonds. The van der Waals surface area contributed by atoms with Crippen LogP contribution in [0.5, 0.6) is 0 Å². The molecule has 0 bridgehead atoms. The van der Waals surface area contributed by atoms with Gasteiger partial charge < -0.3 is 15.0 Å². The highest BCUT2D eigenvalue weighted by Crippen LogP contribution is 2.27. The molecule has 1 aliphatic heterocycles. The van der Waals surface area contributed by atoms with E-state index >= 15 is 0 Å². The van der Waals surface area contributed by atoms with Crippen molar-refractivity contribution in [3.05, 3.63) is 0 Å². The van der Waals surface area contributed by atoms with Crippen LogP contribution in [0.4, 0.5) is 0 Å². The molecular formula is C17H28N3O3+. The number of hydrogen-bond acceptors (Lipinski definition) is 4. The van der Waals surface area contributed by atoms with Gasteiger partial charge in [0, 0.05) is 12.8 Å². The first-order valence-electron chi connectivity index (χ1n) is 8.67. The fourth-order valence-electron chi connectivity index (χ4n) is 3.77. The third-order valence-electron chi connectivity index (χ3n) is 5.45. The zero-order valence-corrected chi connectivity index (χ0v) is 14.2. The van der Waals surface area contributed by atoms with Crippen molar-refractivity contribution in [2.75, 3.05) is 20.2 Å². The fourth-order valence-corrected chi connectivity index (χ4v) is 3.77. The van der Waals surface area contributed by atoms with Gasteiger partial charge in [0.2, 0.25) is 0 Å². The Bertz CT molecular complexity index is 472. The lowest BCUT2D eigenvalue weighted by Gasteiger charge is -2.35. The summed E-state index contributed by atoms with van der Waals surface area (Å²) < 4.78 is 4.80. The van der Waals surface area contributed by atoms with Gasteiger partial charge in [0.05, 0.1) is 32.2 Å². The zero-order valence-electron chi connectivity index (χ0n) is 14.2. The number of piperidine rings is 1. The van der Waals surface area contributed by atoms with Crippen molar-refractivity contribution in [1.82, 2.24) is 5.32 Å². The van der Waals surface area contributed by atoms with Crippen molar-refractivity contribution < 1.29 is 19.2 Å². The Kier molecular flexibility index (Phi) is 6.00. The van der Waals surface area contributed by atoms with Crippen LogP contribution < -0.4 is 10.2 Å². The summed E-state index contributed by atoms with van der Waals surface area (Å²) in [4.78, 5) is 25.3. The molecule has 128 valence electrons. The smallest absolute Gasteiger partial charge is 0.309 e. The quantitative estimate of drug-likeness (QED) is 0.724. The zero-order chi connectivity index (χ0) is 16.9. The van der Waals surface area contributed by atoms with Crippen LogP contribution in [0.3, 0.4) is 0 Å².